The van der Waals surface area contributed by atoms with Gasteiger partial charge in [0.25, 0.3) is 5.91 Å². The minimum atomic E-state index is -4.54. The van der Waals surface area contributed by atoms with Gasteiger partial charge >= 0.3 is 6.18 Å². The van der Waals surface area contributed by atoms with Crippen molar-refractivity contribution in [2.24, 2.45) is 0 Å². The second-order valence-corrected chi connectivity index (χ2v) is 5.25. The third kappa shape index (κ3) is 4.43. The van der Waals surface area contributed by atoms with Crippen molar-refractivity contribution in [2.75, 3.05) is 5.32 Å². The van der Waals surface area contributed by atoms with Crippen LogP contribution in [0.2, 0.25) is 5.02 Å². The highest BCUT2D eigenvalue weighted by atomic mass is 35.5. The number of para-hydroxylation sites is 1. The minimum Gasteiger partial charge on any atom is -0.332 e. The van der Waals surface area contributed by atoms with E-state index in [0.717, 1.165) is 6.07 Å². The van der Waals surface area contributed by atoms with Crippen molar-refractivity contribution in [3.63, 3.8) is 0 Å². The van der Waals surface area contributed by atoms with Crippen LogP contribution in [0.15, 0.2) is 48.5 Å². The first-order valence-corrected chi connectivity index (χ1v) is 7.11. The maximum atomic E-state index is 12.9. The smallest absolute Gasteiger partial charge is 0.332 e. The second-order valence-electron chi connectivity index (χ2n) is 4.43. The van der Waals surface area contributed by atoms with Crippen LogP contribution >= 0.6 is 23.8 Å². The molecular formula is C15H10ClF3N2OS. The van der Waals surface area contributed by atoms with E-state index in [9.17, 15) is 18.0 Å². The number of anilines is 1. The zero-order valence-corrected chi connectivity index (χ0v) is 13.0. The van der Waals surface area contributed by atoms with Gasteiger partial charge in [0.1, 0.15) is 0 Å². The Labute approximate surface area is 140 Å². The topological polar surface area (TPSA) is 41.1 Å². The lowest BCUT2D eigenvalue weighted by Crippen LogP contribution is -2.34. The Balaban J connectivity index is 2.12. The van der Waals surface area contributed by atoms with Crippen LogP contribution in [0.5, 0.6) is 0 Å². The molecule has 0 aliphatic rings. The van der Waals surface area contributed by atoms with E-state index in [0.29, 0.717) is 0 Å². The summed E-state index contributed by atoms with van der Waals surface area (Å²) >= 11 is 10.8. The summed E-state index contributed by atoms with van der Waals surface area (Å²) in [6.45, 7) is 0. The molecule has 1 amide bonds. The second kappa shape index (κ2) is 6.97. The van der Waals surface area contributed by atoms with Crippen LogP contribution in [0.4, 0.5) is 18.9 Å². The highest BCUT2D eigenvalue weighted by Gasteiger charge is 2.33. The van der Waals surface area contributed by atoms with Crippen LogP contribution in [0, 0.1) is 0 Å². The molecule has 3 nitrogen and oxygen atoms in total. The molecule has 0 saturated carbocycles. The number of rotatable bonds is 2. The number of nitrogens with one attached hydrogen (secondary N) is 2. The molecule has 0 fully saturated rings. The molecular weight excluding hydrogens is 349 g/mol. The van der Waals surface area contributed by atoms with E-state index in [-0.39, 0.29) is 21.4 Å². The van der Waals surface area contributed by atoms with Gasteiger partial charge in [-0.25, -0.2) is 0 Å². The molecule has 0 spiro atoms. The number of halogens is 4. The summed E-state index contributed by atoms with van der Waals surface area (Å²) in [6.07, 6.45) is -4.54. The lowest BCUT2D eigenvalue weighted by molar-refractivity contribution is -0.136. The monoisotopic (exact) mass is 358 g/mol. The lowest BCUT2D eigenvalue weighted by Gasteiger charge is -2.15. The molecule has 0 aliphatic heterocycles. The number of amides is 1. The third-order valence-corrected chi connectivity index (χ3v) is 3.36. The Morgan fingerprint density at radius 1 is 1.04 bits per heavy atom. The Morgan fingerprint density at radius 2 is 1.65 bits per heavy atom. The lowest BCUT2D eigenvalue weighted by atomic mass is 10.1. The summed E-state index contributed by atoms with van der Waals surface area (Å²) in [5.74, 6) is -0.613. The molecule has 2 rings (SSSR count). The number of carbonyl (C=O) groups excluding carboxylic acids is 1. The van der Waals surface area contributed by atoms with E-state index in [4.69, 9.17) is 23.8 Å². The van der Waals surface area contributed by atoms with E-state index < -0.39 is 17.6 Å². The molecule has 0 unspecified atom stereocenters. The van der Waals surface area contributed by atoms with Crippen molar-refractivity contribution in [3.8, 4) is 0 Å². The van der Waals surface area contributed by atoms with Crippen molar-refractivity contribution in [1.29, 1.82) is 0 Å². The molecule has 0 heterocycles. The maximum Gasteiger partial charge on any atom is 0.418 e. The van der Waals surface area contributed by atoms with Gasteiger partial charge in [-0.2, -0.15) is 13.2 Å². The summed E-state index contributed by atoms with van der Waals surface area (Å²) in [6, 6.07) is 11.1. The molecule has 2 aromatic carbocycles. The van der Waals surface area contributed by atoms with Crippen LogP contribution in [0.25, 0.3) is 0 Å². The van der Waals surface area contributed by atoms with Gasteiger partial charge in [0.15, 0.2) is 5.11 Å². The first-order valence-electron chi connectivity index (χ1n) is 6.32. The molecule has 0 aliphatic carbocycles. The molecule has 0 aromatic heterocycles. The zero-order chi connectivity index (χ0) is 17.0. The molecule has 0 radical (unpaired) electrons. The fraction of sp³-hybridized carbons (Fsp3) is 0.0667. The van der Waals surface area contributed by atoms with Crippen molar-refractivity contribution in [2.45, 2.75) is 6.18 Å². The first-order chi connectivity index (χ1) is 10.8. The van der Waals surface area contributed by atoms with Gasteiger partial charge in [0.2, 0.25) is 0 Å². The van der Waals surface area contributed by atoms with Crippen LogP contribution in [0.3, 0.4) is 0 Å². The Hall–Kier alpha value is -2.12. The van der Waals surface area contributed by atoms with Crippen LogP contribution in [0.1, 0.15) is 15.9 Å². The average molecular weight is 359 g/mol. The Morgan fingerprint density at radius 3 is 2.30 bits per heavy atom. The van der Waals surface area contributed by atoms with Crippen molar-refractivity contribution in [1.82, 2.24) is 5.32 Å². The number of hydrogen-bond donors (Lipinski definition) is 2. The summed E-state index contributed by atoms with van der Waals surface area (Å²) in [5, 5.41) is 4.62. The highest BCUT2D eigenvalue weighted by molar-refractivity contribution is 7.80. The van der Waals surface area contributed by atoms with Gasteiger partial charge in [-0.3, -0.25) is 10.1 Å². The Bertz CT molecular complexity index is 749. The van der Waals surface area contributed by atoms with Crippen molar-refractivity contribution < 1.29 is 18.0 Å². The number of alkyl halides is 3. The standard InChI is InChI=1S/C15H10ClF3N2OS/c16-11-7-3-1-5-9(11)13(22)21-14(23)20-12-8-4-2-6-10(12)15(17,18)19/h1-8H,(H2,20,21,22,23). The van der Waals surface area contributed by atoms with E-state index in [1.807, 2.05) is 0 Å². The fourth-order valence-corrected chi connectivity index (χ4v) is 2.23. The normalized spacial score (nSPS) is 11.0. The van der Waals surface area contributed by atoms with Crippen LogP contribution in [-0.2, 0) is 6.18 Å². The van der Waals surface area contributed by atoms with Gasteiger partial charge in [0, 0.05) is 0 Å². The van der Waals surface area contributed by atoms with Gasteiger partial charge < -0.3 is 5.32 Å². The number of hydrogen-bond acceptors (Lipinski definition) is 2. The van der Waals surface area contributed by atoms with E-state index in [1.165, 1.54) is 30.3 Å². The molecule has 0 saturated heterocycles. The van der Waals surface area contributed by atoms with E-state index in [2.05, 4.69) is 10.6 Å². The third-order valence-electron chi connectivity index (χ3n) is 2.83. The molecule has 8 heteroatoms. The number of thiocarbonyl (C=S) groups is 1. The van der Waals surface area contributed by atoms with Crippen molar-refractivity contribution in [3.05, 3.63) is 64.7 Å². The average Bonchev–Trinajstić information content (AvgIpc) is 2.46. The number of benzene rings is 2. The largest absolute Gasteiger partial charge is 0.418 e. The minimum absolute atomic E-state index is 0.169. The summed E-state index contributed by atoms with van der Waals surface area (Å²) in [5.41, 5.74) is -0.957. The van der Waals surface area contributed by atoms with Crippen molar-refractivity contribution >= 4 is 40.5 Å². The maximum absolute atomic E-state index is 12.9. The zero-order valence-electron chi connectivity index (χ0n) is 11.4. The highest BCUT2D eigenvalue weighted by Crippen LogP contribution is 2.34. The molecule has 2 N–H and O–H groups in total. The van der Waals surface area contributed by atoms with Gasteiger partial charge in [-0.05, 0) is 36.5 Å². The SMILES string of the molecule is O=C(NC(=S)Nc1ccccc1C(F)(F)F)c1ccccc1Cl. The van der Waals surface area contributed by atoms with Gasteiger partial charge in [-0.1, -0.05) is 35.9 Å². The summed E-state index contributed by atoms with van der Waals surface area (Å²) in [7, 11) is 0. The molecule has 23 heavy (non-hydrogen) atoms. The van der Waals surface area contributed by atoms with E-state index in [1.54, 1.807) is 12.1 Å². The molecule has 0 atom stereocenters. The quantitative estimate of drug-likeness (QED) is 0.777. The first kappa shape index (κ1) is 17.2. The Kier molecular flexibility index (Phi) is 5.23. The predicted molar refractivity (Wildman–Crippen MR) is 86.6 cm³/mol. The van der Waals surface area contributed by atoms with Crippen LogP contribution < -0.4 is 10.6 Å². The van der Waals surface area contributed by atoms with Gasteiger partial charge in [0.05, 0.1) is 21.8 Å². The fourth-order valence-electron chi connectivity index (χ4n) is 1.81. The molecule has 0 bridgehead atoms. The predicted octanol–water partition coefficient (Wildman–Crippen LogP) is 4.49. The van der Waals surface area contributed by atoms with Gasteiger partial charge in [-0.15, -0.1) is 0 Å². The molecule has 120 valence electrons. The summed E-state index contributed by atoms with van der Waals surface area (Å²) in [4.78, 5) is 12.0. The van der Waals surface area contributed by atoms with Crippen LogP contribution in [-0.4, -0.2) is 11.0 Å². The summed E-state index contributed by atoms with van der Waals surface area (Å²) < 4.78 is 38.7. The number of carbonyl (C=O) groups is 1. The van der Waals surface area contributed by atoms with E-state index >= 15 is 0 Å². The molecule has 2 aromatic rings.